The van der Waals surface area contributed by atoms with Gasteiger partial charge in [-0.15, -0.1) is 0 Å². The zero-order valence-electron chi connectivity index (χ0n) is 10.6. The lowest BCUT2D eigenvalue weighted by Gasteiger charge is -2.06. The molecule has 0 radical (unpaired) electrons. The second-order valence-electron chi connectivity index (χ2n) is 3.73. The van der Waals surface area contributed by atoms with Crippen LogP contribution in [0, 0.1) is 10.1 Å². The van der Waals surface area contributed by atoms with Gasteiger partial charge in [0.15, 0.2) is 4.90 Å². The first kappa shape index (κ1) is 14.1. The van der Waals surface area contributed by atoms with Gasteiger partial charge in [-0.1, -0.05) is 11.8 Å². The van der Waals surface area contributed by atoms with Crippen molar-refractivity contribution in [1.29, 1.82) is 0 Å². The molecule has 0 aliphatic carbocycles. The molecule has 2 rings (SSSR count). The summed E-state index contributed by atoms with van der Waals surface area (Å²) < 4.78 is 11.3. The van der Waals surface area contributed by atoms with Crippen molar-refractivity contribution in [3.05, 3.63) is 38.8 Å². The van der Waals surface area contributed by atoms with Crippen LogP contribution in [-0.2, 0) is 10.9 Å². The van der Waals surface area contributed by atoms with E-state index in [-0.39, 0.29) is 15.8 Å². The van der Waals surface area contributed by atoms with Crippen LogP contribution in [-0.4, -0.2) is 30.6 Å². The molecule has 0 aromatic heterocycles. The molecular formula is C12H14NO4S2+. The average Bonchev–Trinajstić information content (AvgIpc) is 2.85. The number of benzene rings is 1. The fourth-order valence-corrected chi connectivity index (χ4v) is 5.86. The quantitative estimate of drug-likeness (QED) is 0.486. The fourth-order valence-electron chi connectivity index (χ4n) is 1.74. The zero-order chi connectivity index (χ0) is 13.8. The molecule has 1 atom stereocenters. The molecule has 1 aliphatic heterocycles. The first-order valence-electron chi connectivity index (χ1n) is 5.56. The van der Waals surface area contributed by atoms with E-state index < -0.39 is 0 Å². The third-order valence-electron chi connectivity index (χ3n) is 2.59. The largest absolute Gasteiger partial charge is 0.496 e. The Morgan fingerprint density at radius 1 is 1.32 bits per heavy atom. The number of methoxy groups -OCH3 is 2. The van der Waals surface area contributed by atoms with E-state index in [2.05, 4.69) is 0 Å². The molecular weight excluding hydrogens is 286 g/mol. The predicted octanol–water partition coefficient (Wildman–Crippen LogP) is 2.50. The maximum Gasteiger partial charge on any atom is 0.296 e. The highest BCUT2D eigenvalue weighted by Gasteiger charge is 2.37. The van der Waals surface area contributed by atoms with E-state index in [9.17, 15) is 10.1 Å². The van der Waals surface area contributed by atoms with Crippen molar-refractivity contribution in [1.82, 2.24) is 0 Å². The van der Waals surface area contributed by atoms with Crippen LogP contribution < -0.4 is 9.47 Å². The predicted molar refractivity (Wildman–Crippen MR) is 77.6 cm³/mol. The Balaban J connectivity index is 2.37. The Hall–Kier alpha value is -1.34. The lowest BCUT2D eigenvalue weighted by atomic mass is 10.3. The van der Waals surface area contributed by atoms with Gasteiger partial charge in [-0.25, -0.2) is 0 Å². The van der Waals surface area contributed by atoms with Gasteiger partial charge in [-0.05, 0) is 0 Å². The standard InChI is InChI=1S/C12H14NO4S2/c1-16-9-5-10(17-2)7-11(6-9)19-4-3-18-12(19)8-13(14)15/h5-8H,3-4H2,1-2H3/q+1/b12-8-. The molecule has 0 amide bonds. The number of nitro groups is 1. The molecule has 0 spiro atoms. The van der Waals surface area contributed by atoms with Gasteiger partial charge in [0, 0.05) is 24.0 Å². The number of thioether (sulfide) groups is 1. The lowest BCUT2D eigenvalue weighted by Crippen LogP contribution is -2.05. The molecule has 19 heavy (non-hydrogen) atoms. The Labute approximate surface area is 118 Å². The van der Waals surface area contributed by atoms with Crippen LogP contribution >= 0.6 is 11.8 Å². The minimum Gasteiger partial charge on any atom is -0.496 e. The zero-order valence-corrected chi connectivity index (χ0v) is 12.3. The smallest absolute Gasteiger partial charge is 0.296 e. The van der Waals surface area contributed by atoms with E-state index >= 15 is 0 Å². The van der Waals surface area contributed by atoms with E-state index in [0.29, 0.717) is 11.5 Å². The molecule has 1 saturated heterocycles. The third kappa shape index (κ3) is 3.36. The summed E-state index contributed by atoms with van der Waals surface area (Å²) in [5, 5.41) is 10.6. The van der Waals surface area contributed by atoms with Crippen molar-refractivity contribution in [3.63, 3.8) is 0 Å². The molecule has 1 aromatic carbocycles. The highest BCUT2D eigenvalue weighted by atomic mass is 32.2. The van der Waals surface area contributed by atoms with E-state index in [1.54, 1.807) is 32.0 Å². The van der Waals surface area contributed by atoms with Gasteiger partial charge in [-0.3, -0.25) is 10.1 Å². The van der Waals surface area contributed by atoms with Crippen LogP contribution in [0.2, 0.25) is 0 Å². The molecule has 0 bridgehead atoms. The van der Waals surface area contributed by atoms with Crippen molar-refractivity contribution in [3.8, 4) is 11.5 Å². The van der Waals surface area contributed by atoms with Crippen LogP contribution in [0.4, 0.5) is 0 Å². The minimum atomic E-state index is -0.384. The van der Waals surface area contributed by atoms with Gasteiger partial charge in [0.05, 0.1) is 30.0 Å². The van der Waals surface area contributed by atoms with Crippen molar-refractivity contribution in [2.45, 2.75) is 4.90 Å². The maximum atomic E-state index is 10.6. The first-order chi connectivity index (χ1) is 9.13. The highest BCUT2D eigenvalue weighted by Crippen LogP contribution is 2.39. The number of nitrogens with zero attached hydrogens (tertiary/aromatic N) is 1. The van der Waals surface area contributed by atoms with Gasteiger partial charge < -0.3 is 9.47 Å². The van der Waals surface area contributed by atoms with Gasteiger partial charge in [0.25, 0.3) is 10.4 Å². The van der Waals surface area contributed by atoms with Crippen LogP contribution in [0.25, 0.3) is 0 Å². The van der Waals surface area contributed by atoms with Gasteiger partial charge in [-0.2, -0.15) is 0 Å². The van der Waals surface area contributed by atoms with Gasteiger partial charge >= 0.3 is 0 Å². The summed E-state index contributed by atoms with van der Waals surface area (Å²) in [4.78, 5) is 11.3. The Kier molecular flexibility index (Phi) is 4.60. The van der Waals surface area contributed by atoms with Crippen molar-refractivity contribution < 1.29 is 14.4 Å². The highest BCUT2D eigenvalue weighted by molar-refractivity contribution is 8.23. The van der Waals surface area contributed by atoms with Crippen LogP contribution in [0.1, 0.15) is 0 Å². The molecule has 7 heteroatoms. The van der Waals surface area contributed by atoms with Crippen molar-refractivity contribution in [2.75, 3.05) is 25.7 Å². The van der Waals surface area contributed by atoms with E-state index in [0.717, 1.165) is 26.8 Å². The average molecular weight is 300 g/mol. The molecule has 1 heterocycles. The number of hydrogen-bond donors (Lipinski definition) is 0. The third-order valence-corrected chi connectivity index (χ3v) is 6.62. The second-order valence-corrected chi connectivity index (χ2v) is 7.22. The van der Waals surface area contributed by atoms with E-state index in [1.165, 1.54) is 0 Å². The maximum absolute atomic E-state index is 10.6. The Bertz CT molecular complexity index is 496. The number of rotatable bonds is 4. The molecule has 1 aromatic rings. The van der Waals surface area contributed by atoms with E-state index in [1.807, 2.05) is 12.1 Å². The number of ether oxygens (including phenoxy) is 2. The summed E-state index contributed by atoms with van der Waals surface area (Å²) in [7, 11) is 2.94. The summed E-state index contributed by atoms with van der Waals surface area (Å²) >= 11 is 1.55. The summed E-state index contributed by atoms with van der Waals surface area (Å²) in [5.41, 5.74) is 0. The SMILES string of the molecule is COc1cc(OC)cc([S+]2CCS/C2=C/[N+](=O)[O-])c1. The molecule has 5 nitrogen and oxygen atoms in total. The number of hydrogen-bond acceptors (Lipinski definition) is 5. The normalized spacial score (nSPS) is 20.5. The summed E-state index contributed by atoms with van der Waals surface area (Å²) in [6.07, 6.45) is 1.12. The van der Waals surface area contributed by atoms with Crippen molar-refractivity contribution in [2.24, 2.45) is 0 Å². The van der Waals surface area contributed by atoms with Gasteiger partial charge in [0.2, 0.25) is 0 Å². The molecule has 1 aliphatic rings. The molecule has 102 valence electrons. The fraction of sp³-hybridized carbons (Fsp3) is 0.333. The van der Waals surface area contributed by atoms with Gasteiger partial charge in [0.1, 0.15) is 17.3 Å². The molecule has 1 unspecified atom stereocenters. The lowest BCUT2D eigenvalue weighted by molar-refractivity contribution is -0.402. The Morgan fingerprint density at radius 3 is 2.47 bits per heavy atom. The Morgan fingerprint density at radius 2 is 1.95 bits per heavy atom. The summed E-state index contributed by atoms with van der Waals surface area (Å²) in [6.45, 7) is 0. The van der Waals surface area contributed by atoms with Crippen molar-refractivity contribution >= 4 is 22.7 Å². The first-order valence-corrected chi connectivity index (χ1v) is 7.94. The van der Waals surface area contributed by atoms with E-state index in [4.69, 9.17) is 9.47 Å². The van der Waals surface area contributed by atoms with Crippen LogP contribution in [0.3, 0.4) is 0 Å². The minimum absolute atomic E-state index is 0.250. The summed E-state index contributed by atoms with van der Waals surface area (Å²) in [6, 6.07) is 5.64. The monoisotopic (exact) mass is 300 g/mol. The summed E-state index contributed by atoms with van der Waals surface area (Å²) in [5.74, 6) is 3.24. The topological polar surface area (TPSA) is 61.6 Å². The van der Waals surface area contributed by atoms with Crippen LogP contribution in [0.15, 0.2) is 33.5 Å². The molecule has 0 N–H and O–H groups in total. The van der Waals surface area contributed by atoms with Crippen LogP contribution in [0.5, 0.6) is 11.5 Å². The molecule has 1 fully saturated rings. The molecule has 0 saturated carbocycles. The second kappa shape index (κ2) is 6.21.